The maximum Gasteiger partial charge on any atom is 0.263 e. The third kappa shape index (κ3) is 3.25. The first kappa shape index (κ1) is 20.6. The minimum atomic E-state index is -0.307. The molecule has 4 bridgehead atoms. The fraction of sp³-hybridized carbons (Fsp3) is 0.423. The Kier molecular flexibility index (Phi) is 4.34. The summed E-state index contributed by atoms with van der Waals surface area (Å²) in [5.41, 5.74) is 1.37. The van der Waals surface area contributed by atoms with Crippen LogP contribution in [0.3, 0.4) is 0 Å². The number of H-pyrrole nitrogens is 1. The van der Waals surface area contributed by atoms with Crippen molar-refractivity contribution in [2.75, 3.05) is 5.32 Å². The number of aryl methyl sites for hydroxylation is 1. The second-order valence-electron chi connectivity index (χ2n) is 10.8. The van der Waals surface area contributed by atoms with Gasteiger partial charge in [-0.3, -0.25) is 14.6 Å². The number of rotatable bonds is 4. The Hall–Kier alpha value is -3.75. The van der Waals surface area contributed by atoms with Gasteiger partial charge in [-0.25, -0.2) is 4.68 Å². The summed E-state index contributed by atoms with van der Waals surface area (Å²) in [5.74, 6) is 2.88. The molecule has 0 atom stereocenters. The third-order valence-corrected chi connectivity index (χ3v) is 8.22. The highest BCUT2D eigenvalue weighted by molar-refractivity contribution is 5.95. The van der Waals surface area contributed by atoms with Crippen LogP contribution >= 0.6 is 0 Å². The van der Waals surface area contributed by atoms with Gasteiger partial charge in [-0.05, 0) is 75.3 Å². The second kappa shape index (κ2) is 7.37. The molecule has 1 aromatic carbocycles. The van der Waals surface area contributed by atoms with E-state index >= 15 is 0 Å². The molecule has 0 unspecified atom stereocenters. The van der Waals surface area contributed by atoms with E-state index in [9.17, 15) is 9.59 Å². The standard InChI is InChI=1S/C26H27N7O2/c1-15-7-21(28-24(35)26-11-16-8-17(12-26)10-18(9-16)13-26)33(31-15)25-29-22-20(23(34)30-25)14-27-32(22)19-5-3-2-4-6-19/h2-7,14,16-18H,8-13H2,1H3,(H,28,35)(H,29,30,34). The van der Waals surface area contributed by atoms with E-state index in [0.29, 0.717) is 34.6 Å². The first-order valence-corrected chi connectivity index (χ1v) is 12.4. The van der Waals surface area contributed by atoms with Crippen LogP contribution in [0.15, 0.2) is 47.4 Å². The number of nitrogens with zero attached hydrogens (tertiary/aromatic N) is 5. The molecule has 0 spiro atoms. The normalized spacial score (nSPS) is 26.9. The van der Waals surface area contributed by atoms with E-state index in [1.54, 1.807) is 4.68 Å². The largest absolute Gasteiger partial charge is 0.310 e. The Labute approximate surface area is 201 Å². The lowest BCUT2D eigenvalue weighted by Gasteiger charge is -2.55. The molecule has 2 N–H and O–H groups in total. The number of carbonyl (C=O) groups is 1. The maximum atomic E-state index is 13.7. The predicted molar refractivity (Wildman–Crippen MR) is 131 cm³/mol. The fourth-order valence-electron chi connectivity index (χ4n) is 7.15. The number of anilines is 1. The van der Waals surface area contributed by atoms with Crippen LogP contribution < -0.4 is 10.9 Å². The van der Waals surface area contributed by atoms with Gasteiger partial charge in [0.05, 0.1) is 23.0 Å². The van der Waals surface area contributed by atoms with Crippen molar-refractivity contribution in [3.05, 3.63) is 58.6 Å². The highest BCUT2D eigenvalue weighted by Crippen LogP contribution is 2.60. The minimum absolute atomic E-state index is 0.0792. The average Bonchev–Trinajstić information content (AvgIpc) is 3.42. The lowest BCUT2D eigenvalue weighted by molar-refractivity contribution is -0.140. The van der Waals surface area contributed by atoms with Crippen molar-refractivity contribution in [3.8, 4) is 11.6 Å². The molecule has 0 aliphatic heterocycles. The van der Waals surface area contributed by atoms with Gasteiger partial charge in [-0.1, -0.05) is 18.2 Å². The average molecular weight is 470 g/mol. The van der Waals surface area contributed by atoms with Gasteiger partial charge in [0.25, 0.3) is 5.56 Å². The molecular formula is C26H27N7O2. The predicted octanol–water partition coefficient (Wildman–Crippen LogP) is 3.76. The fourth-order valence-corrected chi connectivity index (χ4v) is 7.15. The van der Waals surface area contributed by atoms with E-state index in [4.69, 9.17) is 4.98 Å². The molecule has 0 saturated heterocycles. The number of aromatic amines is 1. The summed E-state index contributed by atoms with van der Waals surface area (Å²) < 4.78 is 3.16. The second-order valence-corrected chi connectivity index (χ2v) is 10.8. The van der Waals surface area contributed by atoms with Crippen molar-refractivity contribution in [3.63, 3.8) is 0 Å². The SMILES string of the molecule is Cc1cc(NC(=O)C23CC4CC(CC(C4)C2)C3)n(-c2nc3c(cnn3-c3ccccc3)c(=O)[nH]2)n1. The van der Waals surface area contributed by atoms with E-state index in [1.165, 1.54) is 30.1 Å². The van der Waals surface area contributed by atoms with Crippen molar-refractivity contribution in [2.24, 2.45) is 23.2 Å². The molecule has 4 aromatic rings. The van der Waals surface area contributed by atoms with Crippen LogP contribution in [0.25, 0.3) is 22.7 Å². The summed E-state index contributed by atoms with van der Waals surface area (Å²) in [4.78, 5) is 34.1. The number of hydrogen-bond donors (Lipinski definition) is 2. The Balaban J connectivity index is 1.27. The topological polar surface area (TPSA) is 110 Å². The Morgan fingerprint density at radius 1 is 1.06 bits per heavy atom. The van der Waals surface area contributed by atoms with E-state index in [-0.39, 0.29) is 22.8 Å². The molecule has 4 aliphatic rings. The van der Waals surface area contributed by atoms with Gasteiger partial charge in [0.15, 0.2) is 5.65 Å². The van der Waals surface area contributed by atoms with Gasteiger partial charge in [0.1, 0.15) is 11.2 Å². The first-order chi connectivity index (χ1) is 17.0. The molecule has 4 aliphatic carbocycles. The Morgan fingerprint density at radius 2 is 1.74 bits per heavy atom. The van der Waals surface area contributed by atoms with E-state index in [2.05, 4.69) is 20.5 Å². The molecule has 9 heteroatoms. The van der Waals surface area contributed by atoms with Crippen molar-refractivity contribution >= 4 is 22.8 Å². The minimum Gasteiger partial charge on any atom is -0.310 e. The van der Waals surface area contributed by atoms with Crippen LogP contribution in [0.2, 0.25) is 0 Å². The zero-order valence-corrected chi connectivity index (χ0v) is 19.6. The van der Waals surface area contributed by atoms with Crippen LogP contribution in [0, 0.1) is 30.1 Å². The van der Waals surface area contributed by atoms with Gasteiger partial charge in [0.2, 0.25) is 11.9 Å². The highest BCUT2D eigenvalue weighted by Gasteiger charge is 2.54. The molecular weight excluding hydrogens is 442 g/mol. The molecule has 4 fully saturated rings. The lowest BCUT2D eigenvalue weighted by atomic mass is 9.49. The molecule has 3 aromatic heterocycles. The molecule has 8 rings (SSSR count). The van der Waals surface area contributed by atoms with Crippen LogP contribution in [-0.4, -0.2) is 35.4 Å². The van der Waals surface area contributed by atoms with E-state index in [1.807, 2.05) is 43.3 Å². The summed E-state index contributed by atoms with van der Waals surface area (Å²) in [5, 5.41) is 12.5. The maximum absolute atomic E-state index is 13.7. The summed E-state index contributed by atoms with van der Waals surface area (Å²) in [6.45, 7) is 1.86. The smallest absolute Gasteiger partial charge is 0.263 e. The van der Waals surface area contributed by atoms with Crippen molar-refractivity contribution in [1.29, 1.82) is 0 Å². The Bertz CT molecular complexity index is 1480. The molecule has 4 saturated carbocycles. The molecule has 9 nitrogen and oxygen atoms in total. The number of nitrogens with one attached hydrogen (secondary N) is 2. The Morgan fingerprint density at radius 3 is 2.43 bits per heavy atom. The number of aromatic nitrogens is 6. The highest BCUT2D eigenvalue weighted by atomic mass is 16.2. The first-order valence-electron chi connectivity index (χ1n) is 12.4. The summed E-state index contributed by atoms with van der Waals surface area (Å²) >= 11 is 0. The van der Waals surface area contributed by atoms with Crippen molar-refractivity contribution < 1.29 is 4.79 Å². The van der Waals surface area contributed by atoms with Crippen LogP contribution in [0.5, 0.6) is 0 Å². The van der Waals surface area contributed by atoms with Gasteiger partial charge in [-0.2, -0.15) is 19.9 Å². The molecule has 1 amide bonds. The van der Waals surface area contributed by atoms with Crippen molar-refractivity contribution in [2.45, 2.75) is 45.4 Å². The molecule has 35 heavy (non-hydrogen) atoms. The number of fused-ring (bicyclic) bond motifs is 1. The summed E-state index contributed by atoms with van der Waals surface area (Å²) in [6.07, 6.45) is 8.30. The molecule has 0 radical (unpaired) electrons. The van der Waals surface area contributed by atoms with E-state index < -0.39 is 0 Å². The number of amides is 1. The number of para-hydroxylation sites is 1. The number of benzene rings is 1. The third-order valence-electron chi connectivity index (χ3n) is 8.22. The number of carbonyl (C=O) groups excluding carboxylic acids is 1. The lowest BCUT2D eigenvalue weighted by Crippen LogP contribution is -2.51. The monoisotopic (exact) mass is 469 g/mol. The van der Waals surface area contributed by atoms with Crippen LogP contribution in [-0.2, 0) is 4.79 Å². The van der Waals surface area contributed by atoms with Crippen molar-refractivity contribution in [1.82, 2.24) is 29.5 Å². The van der Waals surface area contributed by atoms with Crippen LogP contribution in [0.1, 0.15) is 44.2 Å². The summed E-state index contributed by atoms with van der Waals surface area (Å²) in [7, 11) is 0. The molecule has 3 heterocycles. The van der Waals surface area contributed by atoms with Crippen LogP contribution in [0.4, 0.5) is 5.82 Å². The molecule has 178 valence electrons. The van der Waals surface area contributed by atoms with Gasteiger partial charge < -0.3 is 5.32 Å². The quantitative estimate of drug-likeness (QED) is 0.473. The number of hydrogen-bond acceptors (Lipinski definition) is 5. The van der Waals surface area contributed by atoms with Gasteiger partial charge in [0, 0.05) is 6.07 Å². The van der Waals surface area contributed by atoms with E-state index in [0.717, 1.165) is 30.6 Å². The zero-order chi connectivity index (χ0) is 23.7. The summed E-state index contributed by atoms with van der Waals surface area (Å²) in [6, 6.07) is 11.4. The van der Waals surface area contributed by atoms with Gasteiger partial charge in [-0.15, -0.1) is 0 Å². The zero-order valence-electron chi connectivity index (χ0n) is 19.6. The van der Waals surface area contributed by atoms with Gasteiger partial charge >= 0.3 is 0 Å².